The molecule has 0 saturated carbocycles. The predicted molar refractivity (Wildman–Crippen MR) is 110 cm³/mol. The number of methoxy groups -OCH3 is 1. The molecule has 1 heterocycles. The first kappa shape index (κ1) is 21.3. The normalized spacial score (nSPS) is 12.1. The third-order valence-corrected chi connectivity index (χ3v) is 4.47. The Balaban J connectivity index is 1.53. The van der Waals surface area contributed by atoms with Gasteiger partial charge in [-0.25, -0.2) is 0 Å². The Hall–Kier alpha value is -3.42. The van der Waals surface area contributed by atoms with Gasteiger partial charge in [-0.15, -0.1) is 0 Å². The van der Waals surface area contributed by atoms with Crippen molar-refractivity contribution in [3.63, 3.8) is 0 Å². The number of carbonyl (C=O) groups excluding carboxylic acids is 2. The Morgan fingerprint density at radius 2 is 1.80 bits per heavy atom. The van der Waals surface area contributed by atoms with Gasteiger partial charge in [-0.2, -0.15) is 0 Å². The average Bonchev–Trinajstić information content (AvgIpc) is 2.77. The summed E-state index contributed by atoms with van der Waals surface area (Å²) in [6.45, 7) is 3.64. The van der Waals surface area contributed by atoms with Crippen LogP contribution in [0.15, 0.2) is 36.4 Å². The van der Waals surface area contributed by atoms with E-state index in [9.17, 15) is 9.59 Å². The third-order valence-electron chi connectivity index (χ3n) is 4.47. The Morgan fingerprint density at radius 3 is 2.57 bits per heavy atom. The Bertz CT molecular complexity index is 899. The lowest BCUT2D eigenvalue weighted by Gasteiger charge is -2.18. The van der Waals surface area contributed by atoms with Gasteiger partial charge in [-0.3, -0.25) is 20.4 Å². The number of hydrogen-bond donors (Lipinski definition) is 2. The highest BCUT2D eigenvalue weighted by molar-refractivity contribution is 5.96. The molecule has 2 amide bonds. The first-order valence-corrected chi connectivity index (χ1v) is 9.89. The van der Waals surface area contributed by atoms with Crippen molar-refractivity contribution >= 4 is 11.8 Å². The van der Waals surface area contributed by atoms with Crippen molar-refractivity contribution in [2.75, 3.05) is 26.9 Å². The summed E-state index contributed by atoms with van der Waals surface area (Å²) >= 11 is 0. The summed E-state index contributed by atoms with van der Waals surface area (Å²) in [5, 5.41) is 0. The quantitative estimate of drug-likeness (QED) is 0.509. The minimum absolute atomic E-state index is 0.0877. The largest absolute Gasteiger partial charge is 0.493 e. The molecule has 0 aromatic heterocycles. The molecule has 0 fully saturated rings. The van der Waals surface area contributed by atoms with E-state index in [-0.39, 0.29) is 12.3 Å². The van der Waals surface area contributed by atoms with E-state index >= 15 is 0 Å². The number of unbranched alkanes of at least 4 members (excludes halogenated alkanes) is 1. The molecule has 1 aliphatic rings. The minimum atomic E-state index is -0.455. The van der Waals surface area contributed by atoms with Crippen LogP contribution in [-0.4, -0.2) is 38.7 Å². The molecule has 0 spiro atoms. The van der Waals surface area contributed by atoms with Crippen LogP contribution in [0, 0.1) is 0 Å². The summed E-state index contributed by atoms with van der Waals surface area (Å²) in [7, 11) is 1.51. The lowest BCUT2D eigenvalue weighted by atomic mass is 10.1. The zero-order valence-corrected chi connectivity index (χ0v) is 17.2. The molecule has 1 aliphatic heterocycles. The van der Waals surface area contributed by atoms with Gasteiger partial charge in [0.2, 0.25) is 5.91 Å². The maximum Gasteiger partial charge on any atom is 0.269 e. The molecule has 30 heavy (non-hydrogen) atoms. The van der Waals surface area contributed by atoms with Crippen LogP contribution < -0.4 is 29.8 Å². The van der Waals surface area contributed by atoms with Gasteiger partial charge < -0.3 is 18.9 Å². The molecule has 0 bridgehead atoms. The summed E-state index contributed by atoms with van der Waals surface area (Å²) in [5.74, 6) is 1.50. The number of ether oxygens (including phenoxy) is 4. The first-order chi connectivity index (χ1) is 14.6. The van der Waals surface area contributed by atoms with Crippen LogP contribution in [0.4, 0.5) is 0 Å². The average molecular weight is 414 g/mol. The number of hydrogen-bond acceptors (Lipinski definition) is 6. The van der Waals surface area contributed by atoms with E-state index in [1.165, 1.54) is 7.11 Å². The number of nitrogens with one attached hydrogen (secondary N) is 2. The van der Waals surface area contributed by atoms with Gasteiger partial charge in [0.15, 0.2) is 23.0 Å². The summed E-state index contributed by atoms with van der Waals surface area (Å²) in [6.07, 6.45) is 2.04. The number of fused-ring (bicyclic) bond motifs is 1. The van der Waals surface area contributed by atoms with E-state index in [0.29, 0.717) is 48.4 Å². The Morgan fingerprint density at radius 1 is 1.00 bits per heavy atom. The van der Waals surface area contributed by atoms with Crippen LogP contribution >= 0.6 is 0 Å². The highest BCUT2D eigenvalue weighted by atomic mass is 16.6. The maximum absolute atomic E-state index is 12.4. The molecule has 0 unspecified atom stereocenters. The number of benzene rings is 2. The molecular weight excluding hydrogens is 388 g/mol. The highest BCUT2D eigenvalue weighted by Crippen LogP contribution is 2.31. The predicted octanol–water partition coefficient (Wildman–Crippen LogP) is 2.65. The second-order valence-corrected chi connectivity index (χ2v) is 6.72. The molecule has 0 saturated heterocycles. The van der Waals surface area contributed by atoms with Crippen molar-refractivity contribution in [2.24, 2.45) is 0 Å². The molecule has 160 valence electrons. The van der Waals surface area contributed by atoms with E-state index in [2.05, 4.69) is 17.8 Å². The maximum atomic E-state index is 12.4. The van der Waals surface area contributed by atoms with Crippen LogP contribution in [0.25, 0.3) is 0 Å². The smallest absolute Gasteiger partial charge is 0.269 e. The lowest BCUT2D eigenvalue weighted by Crippen LogP contribution is -2.42. The Labute approximate surface area is 175 Å². The van der Waals surface area contributed by atoms with Crippen molar-refractivity contribution in [3.8, 4) is 23.0 Å². The first-order valence-electron chi connectivity index (χ1n) is 9.89. The number of hydrazine groups is 1. The van der Waals surface area contributed by atoms with Gasteiger partial charge in [-0.05, 0) is 42.3 Å². The fourth-order valence-corrected chi connectivity index (χ4v) is 2.88. The van der Waals surface area contributed by atoms with Gasteiger partial charge in [0, 0.05) is 5.56 Å². The molecule has 0 aliphatic carbocycles. The standard InChI is InChI=1S/C22H26N2O6/c1-3-4-9-28-17-8-6-16(14-19(17)27-2)22(26)24-23-21(25)13-15-5-7-18-20(12-15)30-11-10-29-18/h5-8,12,14H,3-4,9-11,13H2,1-2H3,(H,23,25)(H,24,26). The number of rotatable bonds is 8. The zero-order chi connectivity index (χ0) is 21.3. The van der Waals surface area contributed by atoms with Gasteiger partial charge in [-0.1, -0.05) is 19.4 Å². The van der Waals surface area contributed by atoms with Crippen LogP contribution in [0.3, 0.4) is 0 Å². The van der Waals surface area contributed by atoms with Crippen molar-refractivity contribution in [3.05, 3.63) is 47.5 Å². The van der Waals surface area contributed by atoms with E-state index < -0.39 is 5.91 Å². The fraction of sp³-hybridized carbons (Fsp3) is 0.364. The van der Waals surface area contributed by atoms with E-state index in [4.69, 9.17) is 18.9 Å². The minimum Gasteiger partial charge on any atom is -0.493 e. The molecule has 2 aromatic carbocycles. The Kier molecular flexibility index (Phi) is 7.37. The van der Waals surface area contributed by atoms with Gasteiger partial charge in [0.05, 0.1) is 20.1 Å². The van der Waals surface area contributed by atoms with Crippen molar-refractivity contribution in [1.82, 2.24) is 10.9 Å². The second-order valence-electron chi connectivity index (χ2n) is 6.72. The molecule has 2 N–H and O–H groups in total. The van der Waals surface area contributed by atoms with Gasteiger partial charge >= 0.3 is 0 Å². The molecule has 0 radical (unpaired) electrons. The van der Waals surface area contributed by atoms with Crippen molar-refractivity contribution in [1.29, 1.82) is 0 Å². The SMILES string of the molecule is CCCCOc1ccc(C(=O)NNC(=O)Cc2ccc3c(c2)OCCO3)cc1OC. The van der Waals surface area contributed by atoms with Crippen LogP contribution in [0.1, 0.15) is 35.7 Å². The van der Waals surface area contributed by atoms with Gasteiger partial charge in [0.1, 0.15) is 13.2 Å². The molecule has 3 rings (SSSR count). The van der Waals surface area contributed by atoms with Crippen molar-refractivity contribution < 1.29 is 28.5 Å². The van der Waals surface area contributed by atoms with Gasteiger partial charge in [0.25, 0.3) is 5.91 Å². The summed E-state index contributed by atoms with van der Waals surface area (Å²) in [4.78, 5) is 24.6. The summed E-state index contributed by atoms with van der Waals surface area (Å²) < 4.78 is 21.9. The van der Waals surface area contributed by atoms with Crippen LogP contribution in [0.2, 0.25) is 0 Å². The monoisotopic (exact) mass is 414 g/mol. The van der Waals surface area contributed by atoms with E-state index in [0.717, 1.165) is 18.4 Å². The van der Waals surface area contributed by atoms with Crippen LogP contribution in [0.5, 0.6) is 23.0 Å². The summed E-state index contributed by atoms with van der Waals surface area (Å²) in [6, 6.07) is 10.2. The number of amides is 2. The molecular formula is C22H26N2O6. The molecule has 8 heteroatoms. The fourth-order valence-electron chi connectivity index (χ4n) is 2.88. The third kappa shape index (κ3) is 5.56. The molecule has 8 nitrogen and oxygen atoms in total. The lowest BCUT2D eigenvalue weighted by molar-refractivity contribution is -0.121. The topological polar surface area (TPSA) is 95.1 Å². The van der Waals surface area contributed by atoms with Crippen LogP contribution in [-0.2, 0) is 11.2 Å². The second kappa shape index (κ2) is 10.4. The van der Waals surface area contributed by atoms with E-state index in [1.54, 1.807) is 36.4 Å². The zero-order valence-electron chi connectivity index (χ0n) is 17.2. The van der Waals surface area contributed by atoms with Crippen molar-refractivity contribution in [2.45, 2.75) is 26.2 Å². The van der Waals surface area contributed by atoms with E-state index in [1.807, 2.05) is 0 Å². The highest BCUT2D eigenvalue weighted by Gasteiger charge is 2.15. The molecule has 2 aromatic rings. The number of carbonyl (C=O) groups is 2. The summed E-state index contributed by atoms with van der Waals surface area (Å²) in [5.41, 5.74) is 5.93. The molecule has 0 atom stereocenters.